The molecule has 0 aliphatic carbocycles. The molecule has 22 heavy (non-hydrogen) atoms. The van der Waals surface area contributed by atoms with Crippen LogP contribution in [0.4, 0.5) is 19.0 Å². The first-order valence-corrected chi connectivity index (χ1v) is 6.43. The van der Waals surface area contributed by atoms with Crippen molar-refractivity contribution in [2.24, 2.45) is 5.73 Å². The first kappa shape index (κ1) is 15.9. The molecule has 5 nitrogen and oxygen atoms in total. The maximum absolute atomic E-state index is 12.8. The molecule has 1 unspecified atom stereocenters. The van der Waals surface area contributed by atoms with Gasteiger partial charge >= 0.3 is 6.18 Å². The molecule has 1 atom stereocenters. The molecule has 0 saturated carbocycles. The number of nitrogen functional groups attached to an aromatic ring is 1. The molecule has 1 heterocycles. The molecule has 0 radical (unpaired) electrons. The Morgan fingerprint density at radius 3 is 2.36 bits per heavy atom. The van der Waals surface area contributed by atoms with E-state index in [4.69, 9.17) is 11.5 Å². The minimum Gasteiger partial charge on any atom is -0.383 e. The molecular formula is C14H14F3N5. The zero-order chi connectivity index (χ0) is 16.5. The molecule has 2 aromatic rings. The Bertz CT molecular complexity index is 710. The Balaban J connectivity index is 2.55. The molecule has 4 N–H and O–H groups in total. The second kappa shape index (κ2) is 5.69. The molecule has 1 aromatic carbocycles. The van der Waals surface area contributed by atoms with Crippen LogP contribution in [-0.2, 0) is 6.54 Å². The summed E-state index contributed by atoms with van der Waals surface area (Å²) in [5, 5.41) is 13.1. The molecule has 0 aliphatic heterocycles. The van der Waals surface area contributed by atoms with E-state index in [1.165, 1.54) is 0 Å². The molecule has 1 aromatic heterocycles. The van der Waals surface area contributed by atoms with E-state index in [2.05, 4.69) is 5.10 Å². The van der Waals surface area contributed by atoms with Gasteiger partial charge in [0, 0.05) is 12.1 Å². The third-order valence-electron chi connectivity index (χ3n) is 3.36. The van der Waals surface area contributed by atoms with Crippen molar-refractivity contribution in [3.8, 4) is 17.3 Å². The third kappa shape index (κ3) is 2.76. The van der Waals surface area contributed by atoms with E-state index < -0.39 is 12.2 Å². The predicted molar refractivity (Wildman–Crippen MR) is 75.4 cm³/mol. The predicted octanol–water partition coefficient (Wildman–Crippen LogP) is 2.59. The maximum Gasteiger partial charge on any atom is 0.410 e. The molecule has 0 fully saturated rings. The van der Waals surface area contributed by atoms with Gasteiger partial charge in [-0.1, -0.05) is 24.3 Å². The summed E-state index contributed by atoms with van der Waals surface area (Å²) in [6, 6.07) is 6.63. The van der Waals surface area contributed by atoms with E-state index >= 15 is 0 Å². The normalized spacial score (nSPS) is 12.9. The molecule has 0 amide bonds. The number of nitriles is 1. The number of hydrogen-bond acceptors (Lipinski definition) is 4. The highest BCUT2D eigenvalue weighted by molar-refractivity contribution is 5.72. The summed E-state index contributed by atoms with van der Waals surface area (Å²) in [6.45, 7) is 1.28. The minimum atomic E-state index is -4.51. The van der Waals surface area contributed by atoms with E-state index in [1.54, 1.807) is 24.3 Å². The van der Waals surface area contributed by atoms with Gasteiger partial charge in [-0.3, -0.25) is 0 Å². The highest BCUT2D eigenvalue weighted by atomic mass is 19.4. The number of aromatic nitrogens is 2. The number of halogens is 3. The fourth-order valence-corrected chi connectivity index (χ4v) is 1.99. The number of anilines is 1. The average Bonchev–Trinajstić information content (AvgIpc) is 2.82. The Morgan fingerprint density at radius 1 is 1.32 bits per heavy atom. The Hall–Kier alpha value is -2.53. The van der Waals surface area contributed by atoms with Crippen LogP contribution in [0.2, 0.25) is 0 Å². The van der Waals surface area contributed by atoms with Gasteiger partial charge in [-0.2, -0.15) is 23.5 Å². The highest BCUT2D eigenvalue weighted by Gasteiger charge is 2.40. The number of nitrogens with zero attached hydrogens (tertiary/aromatic N) is 3. The number of hydrogen-bond donors (Lipinski definition) is 2. The van der Waals surface area contributed by atoms with E-state index in [-0.39, 0.29) is 17.1 Å². The van der Waals surface area contributed by atoms with Crippen molar-refractivity contribution in [1.29, 1.82) is 5.26 Å². The summed E-state index contributed by atoms with van der Waals surface area (Å²) in [5.41, 5.74) is 12.6. The van der Waals surface area contributed by atoms with Gasteiger partial charge in [0.1, 0.15) is 29.2 Å². The first-order valence-electron chi connectivity index (χ1n) is 6.43. The smallest absolute Gasteiger partial charge is 0.383 e. The molecule has 0 aliphatic rings. The number of nitrogens with two attached hydrogens (primary N) is 2. The topological polar surface area (TPSA) is 93.6 Å². The molecule has 2 rings (SSSR count). The molecule has 0 bridgehead atoms. The molecular weight excluding hydrogens is 295 g/mol. The van der Waals surface area contributed by atoms with Gasteiger partial charge in [0.15, 0.2) is 0 Å². The van der Waals surface area contributed by atoms with Crippen molar-refractivity contribution in [3.63, 3.8) is 0 Å². The fraction of sp³-hybridized carbons (Fsp3) is 0.286. The van der Waals surface area contributed by atoms with Crippen molar-refractivity contribution < 1.29 is 13.2 Å². The van der Waals surface area contributed by atoms with Crippen LogP contribution in [0.1, 0.15) is 24.1 Å². The lowest BCUT2D eigenvalue weighted by atomic mass is 10.1. The summed E-state index contributed by atoms with van der Waals surface area (Å²) in [4.78, 5) is 0. The van der Waals surface area contributed by atoms with E-state index in [9.17, 15) is 18.4 Å². The van der Waals surface area contributed by atoms with E-state index in [1.807, 2.05) is 6.07 Å². The van der Waals surface area contributed by atoms with Crippen LogP contribution in [0, 0.1) is 11.3 Å². The fourth-order valence-electron chi connectivity index (χ4n) is 1.99. The van der Waals surface area contributed by atoms with Crippen LogP contribution in [0.15, 0.2) is 24.3 Å². The van der Waals surface area contributed by atoms with Crippen molar-refractivity contribution >= 4 is 5.82 Å². The van der Waals surface area contributed by atoms with Gasteiger partial charge in [0.05, 0.1) is 0 Å². The zero-order valence-electron chi connectivity index (χ0n) is 11.7. The molecule has 116 valence electrons. The van der Waals surface area contributed by atoms with E-state index in [0.717, 1.165) is 12.5 Å². The van der Waals surface area contributed by atoms with Crippen LogP contribution in [0.25, 0.3) is 11.3 Å². The lowest BCUT2D eigenvalue weighted by molar-refractivity contribution is -0.164. The standard InChI is InChI=1S/C14H14F3N5/c1-8(14(15,16)17)22-13(20)11(7-19)12(21-22)10-4-2-9(6-18)3-5-10/h2-5,8H,6,18,20H2,1H3. The van der Waals surface area contributed by atoms with Gasteiger partial charge in [0.2, 0.25) is 0 Å². The van der Waals surface area contributed by atoms with Crippen LogP contribution >= 0.6 is 0 Å². The van der Waals surface area contributed by atoms with Gasteiger partial charge in [0.25, 0.3) is 0 Å². The summed E-state index contributed by atoms with van der Waals surface area (Å²) in [5.74, 6) is -0.301. The number of benzene rings is 1. The maximum atomic E-state index is 12.8. The highest BCUT2D eigenvalue weighted by Crippen LogP contribution is 2.35. The SMILES string of the molecule is CC(n1nc(-c2ccc(CN)cc2)c(C#N)c1N)C(F)(F)F. The monoisotopic (exact) mass is 309 g/mol. The van der Waals surface area contributed by atoms with Gasteiger partial charge in [-0.05, 0) is 12.5 Å². The van der Waals surface area contributed by atoms with Crippen LogP contribution in [0.3, 0.4) is 0 Å². The second-order valence-electron chi connectivity index (χ2n) is 4.78. The van der Waals surface area contributed by atoms with Gasteiger partial charge in [-0.25, -0.2) is 4.68 Å². The Labute approximate surface area is 124 Å². The Morgan fingerprint density at radius 2 is 1.91 bits per heavy atom. The van der Waals surface area contributed by atoms with Crippen molar-refractivity contribution in [1.82, 2.24) is 9.78 Å². The summed E-state index contributed by atoms with van der Waals surface area (Å²) in [6.07, 6.45) is -4.51. The summed E-state index contributed by atoms with van der Waals surface area (Å²) < 4.78 is 39.2. The molecule has 0 saturated heterocycles. The minimum absolute atomic E-state index is 0.0726. The van der Waals surface area contributed by atoms with Gasteiger partial charge < -0.3 is 11.5 Å². The van der Waals surface area contributed by atoms with Crippen LogP contribution in [0.5, 0.6) is 0 Å². The van der Waals surface area contributed by atoms with Crippen molar-refractivity contribution in [2.45, 2.75) is 25.7 Å². The van der Waals surface area contributed by atoms with Gasteiger partial charge in [-0.15, -0.1) is 0 Å². The number of rotatable bonds is 3. The second-order valence-corrected chi connectivity index (χ2v) is 4.78. The van der Waals surface area contributed by atoms with Crippen molar-refractivity contribution in [3.05, 3.63) is 35.4 Å². The van der Waals surface area contributed by atoms with Crippen LogP contribution < -0.4 is 11.5 Å². The third-order valence-corrected chi connectivity index (χ3v) is 3.36. The zero-order valence-corrected chi connectivity index (χ0v) is 11.7. The lowest BCUT2D eigenvalue weighted by Crippen LogP contribution is -2.25. The van der Waals surface area contributed by atoms with E-state index in [0.29, 0.717) is 16.8 Å². The van der Waals surface area contributed by atoms with Crippen LogP contribution in [-0.4, -0.2) is 16.0 Å². The summed E-state index contributed by atoms with van der Waals surface area (Å²) >= 11 is 0. The quantitative estimate of drug-likeness (QED) is 0.911. The Kier molecular flexibility index (Phi) is 4.10. The average molecular weight is 309 g/mol. The molecule has 0 spiro atoms. The first-order chi connectivity index (χ1) is 10.3. The number of alkyl halides is 3. The molecule has 8 heteroatoms. The van der Waals surface area contributed by atoms with Crippen molar-refractivity contribution in [2.75, 3.05) is 5.73 Å². The largest absolute Gasteiger partial charge is 0.410 e. The summed E-state index contributed by atoms with van der Waals surface area (Å²) in [7, 11) is 0. The lowest BCUT2D eigenvalue weighted by Gasteiger charge is -2.16.